The maximum Gasteiger partial charge on any atom is 0.245 e. The van der Waals surface area contributed by atoms with E-state index in [1.807, 2.05) is 30.2 Å². The minimum absolute atomic E-state index is 0.0724. The van der Waals surface area contributed by atoms with Crippen LogP contribution in [-0.2, 0) is 11.3 Å². The molecule has 0 bridgehead atoms. The summed E-state index contributed by atoms with van der Waals surface area (Å²) in [6.07, 6.45) is 7.34. The van der Waals surface area contributed by atoms with Crippen LogP contribution in [0.4, 0.5) is 5.82 Å². The summed E-state index contributed by atoms with van der Waals surface area (Å²) < 4.78 is 2.00. The zero-order chi connectivity index (χ0) is 22.0. The lowest BCUT2D eigenvalue weighted by Gasteiger charge is -2.33. The number of carbonyl (C=O) groups excluding carboxylic acids is 1. The van der Waals surface area contributed by atoms with E-state index in [9.17, 15) is 4.79 Å². The van der Waals surface area contributed by atoms with Crippen molar-refractivity contribution in [2.75, 3.05) is 18.4 Å². The molecule has 1 atom stereocenters. The Morgan fingerprint density at radius 2 is 1.90 bits per heavy atom. The summed E-state index contributed by atoms with van der Waals surface area (Å²) in [6, 6.07) is -0.203. The number of hydrogen-bond donors (Lipinski definition) is 2. The number of aromatic nitrogens is 6. The molecule has 31 heavy (non-hydrogen) atoms. The smallest absolute Gasteiger partial charge is 0.245 e. The fourth-order valence-electron chi connectivity index (χ4n) is 3.91. The number of imidazole rings is 1. The molecule has 1 aliphatic rings. The normalized spacial score (nSPS) is 15.9. The summed E-state index contributed by atoms with van der Waals surface area (Å²) in [7, 11) is 0. The third-order valence-corrected chi connectivity index (χ3v) is 5.76. The summed E-state index contributed by atoms with van der Waals surface area (Å²) in [5.74, 6) is 2.06. The van der Waals surface area contributed by atoms with Crippen molar-refractivity contribution in [3.63, 3.8) is 0 Å². The molecule has 1 fully saturated rings. The third-order valence-electron chi connectivity index (χ3n) is 5.76. The van der Waals surface area contributed by atoms with E-state index in [2.05, 4.69) is 25.3 Å². The zero-order valence-electron chi connectivity index (χ0n) is 18.2. The zero-order valence-corrected chi connectivity index (χ0v) is 18.2. The number of carbonyl (C=O) groups is 1. The standard InChI is InChI=1S/C21H29N9O/c1-4-16(21(31)29-8-6-15(22)7-9-29)27-18-17-20(26-12-25-18)30(5-2)19(28-17)14-10-23-13(3)24-11-14/h10-12,15-16H,4-9,22H2,1-3H3,(H,25,26,27)/t16-/m0/s1. The summed E-state index contributed by atoms with van der Waals surface area (Å²) >= 11 is 0. The van der Waals surface area contributed by atoms with Gasteiger partial charge < -0.3 is 20.5 Å². The Hall–Kier alpha value is -3.14. The van der Waals surface area contributed by atoms with Gasteiger partial charge in [0.15, 0.2) is 17.0 Å². The number of rotatable bonds is 6. The quantitative estimate of drug-likeness (QED) is 0.614. The molecule has 0 spiro atoms. The topological polar surface area (TPSA) is 128 Å². The van der Waals surface area contributed by atoms with Crippen LogP contribution in [0.15, 0.2) is 18.7 Å². The average molecular weight is 424 g/mol. The molecule has 4 heterocycles. The number of nitrogens with one attached hydrogen (secondary N) is 1. The maximum atomic E-state index is 13.1. The van der Waals surface area contributed by atoms with Gasteiger partial charge in [0, 0.05) is 38.1 Å². The van der Waals surface area contributed by atoms with Gasteiger partial charge in [0.25, 0.3) is 0 Å². The number of nitrogens with two attached hydrogens (primary N) is 1. The number of aryl methyl sites for hydroxylation is 2. The number of fused-ring (bicyclic) bond motifs is 1. The number of hydrogen-bond acceptors (Lipinski definition) is 8. The van der Waals surface area contributed by atoms with Crippen LogP contribution in [-0.4, -0.2) is 65.5 Å². The highest BCUT2D eigenvalue weighted by molar-refractivity contribution is 5.90. The van der Waals surface area contributed by atoms with Gasteiger partial charge in [-0.05, 0) is 33.1 Å². The van der Waals surface area contributed by atoms with Crippen molar-refractivity contribution in [2.45, 2.75) is 58.7 Å². The highest BCUT2D eigenvalue weighted by Crippen LogP contribution is 2.27. The molecule has 3 N–H and O–H groups in total. The predicted octanol–water partition coefficient (Wildman–Crippen LogP) is 1.75. The Labute approximate surface area is 181 Å². The van der Waals surface area contributed by atoms with E-state index < -0.39 is 0 Å². The van der Waals surface area contributed by atoms with Crippen LogP contribution in [0.3, 0.4) is 0 Å². The third kappa shape index (κ3) is 4.20. The Morgan fingerprint density at radius 1 is 1.19 bits per heavy atom. The average Bonchev–Trinajstić information content (AvgIpc) is 3.17. The Balaban J connectivity index is 1.66. The van der Waals surface area contributed by atoms with Gasteiger partial charge in [0.1, 0.15) is 24.0 Å². The van der Waals surface area contributed by atoms with Gasteiger partial charge in [0.05, 0.1) is 5.56 Å². The van der Waals surface area contributed by atoms with Crippen LogP contribution in [0.1, 0.15) is 38.9 Å². The summed E-state index contributed by atoms with van der Waals surface area (Å²) in [5, 5.41) is 3.32. The monoisotopic (exact) mass is 423 g/mol. The van der Waals surface area contributed by atoms with Gasteiger partial charge in [-0.2, -0.15) is 0 Å². The summed E-state index contributed by atoms with van der Waals surface area (Å²) in [5.41, 5.74) is 8.14. The molecule has 0 unspecified atom stereocenters. The second-order valence-electron chi connectivity index (χ2n) is 7.86. The van der Waals surface area contributed by atoms with Gasteiger partial charge in [0.2, 0.25) is 5.91 Å². The van der Waals surface area contributed by atoms with Crippen LogP contribution >= 0.6 is 0 Å². The highest BCUT2D eigenvalue weighted by atomic mass is 16.2. The fourth-order valence-corrected chi connectivity index (χ4v) is 3.91. The molecule has 1 aliphatic heterocycles. The lowest BCUT2D eigenvalue weighted by atomic mass is 10.0. The number of likely N-dealkylation sites (tertiary alicyclic amines) is 1. The van der Waals surface area contributed by atoms with Crippen molar-refractivity contribution < 1.29 is 4.79 Å². The SMILES string of the molecule is CC[C@H](Nc1ncnc2c1nc(-c1cnc(C)nc1)n2CC)C(=O)N1CCC(N)CC1. The van der Waals surface area contributed by atoms with Gasteiger partial charge in [-0.25, -0.2) is 24.9 Å². The number of anilines is 1. The molecule has 164 valence electrons. The molecule has 0 aliphatic carbocycles. The number of piperidine rings is 1. The molecule has 0 saturated carbocycles. The minimum Gasteiger partial charge on any atom is -0.356 e. The van der Waals surface area contributed by atoms with E-state index >= 15 is 0 Å². The van der Waals surface area contributed by atoms with Gasteiger partial charge in [-0.3, -0.25) is 4.79 Å². The Bertz CT molecular complexity index is 1050. The predicted molar refractivity (Wildman–Crippen MR) is 118 cm³/mol. The Morgan fingerprint density at radius 3 is 2.55 bits per heavy atom. The molecule has 3 aromatic rings. The van der Waals surface area contributed by atoms with Gasteiger partial charge in [-0.1, -0.05) is 6.92 Å². The maximum absolute atomic E-state index is 13.1. The molecule has 0 radical (unpaired) electrons. The summed E-state index contributed by atoms with van der Waals surface area (Å²) in [4.78, 5) is 37.2. The van der Waals surface area contributed by atoms with Crippen molar-refractivity contribution in [1.29, 1.82) is 0 Å². The molecular weight excluding hydrogens is 394 g/mol. The van der Waals surface area contributed by atoms with Gasteiger partial charge >= 0.3 is 0 Å². The van der Waals surface area contributed by atoms with Crippen LogP contribution in [0.5, 0.6) is 0 Å². The molecule has 1 saturated heterocycles. The molecule has 10 nitrogen and oxygen atoms in total. The largest absolute Gasteiger partial charge is 0.356 e. The second-order valence-corrected chi connectivity index (χ2v) is 7.86. The molecule has 10 heteroatoms. The van der Waals surface area contributed by atoms with Crippen molar-refractivity contribution in [2.24, 2.45) is 5.73 Å². The first kappa shape index (κ1) is 21.1. The lowest BCUT2D eigenvalue weighted by Crippen LogP contribution is -2.48. The fraction of sp³-hybridized carbons (Fsp3) is 0.524. The van der Waals surface area contributed by atoms with Crippen molar-refractivity contribution in [3.05, 3.63) is 24.5 Å². The van der Waals surface area contributed by atoms with E-state index in [-0.39, 0.29) is 18.0 Å². The van der Waals surface area contributed by atoms with E-state index in [0.29, 0.717) is 48.9 Å². The summed E-state index contributed by atoms with van der Waals surface area (Å²) in [6.45, 7) is 7.94. The number of amides is 1. The first-order valence-electron chi connectivity index (χ1n) is 10.8. The first-order chi connectivity index (χ1) is 15.0. The molecule has 3 aromatic heterocycles. The second kappa shape index (κ2) is 8.93. The van der Waals surface area contributed by atoms with E-state index in [1.54, 1.807) is 12.4 Å². The molecule has 4 rings (SSSR count). The van der Waals surface area contributed by atoms with Crippen LogP contribution in [0, 0.1) is 6.92 Å². The van der Waals surface area contributed by atoms with Crippen molar-refractivity contribution in [3.8, 4) is 11.4 Å². The Kier molecular flexibility index (Phi) is 6.08. The lowest BCUT2D eigenvalue weighted by molar-refractivity contribution is -0.133. The van der Waals surface area contributed by atoms with E-state index in [4.69, 9.17) is 10.7 Å². The first-order valence-corrected chi connectivity index (χ1v) is 10.8. The molecular formula is C21H29N9O. The van der Waals surface area contributed by atoms with Gasteiger partial charge in [-0.15, -0.1) is 0 Å². The van der Waals surface area contributed by atoms with E-state index in [0.717, 1.165) is 24.2 Å². The van der Waals surface area contributed by atoms with E-state index in [1.165, 1.54) is 6.33 Å². The van der Waals surface area contributed by atoms with Crippen LogP contribution < -0.4 is 11.1 Å². The number of nitrogens with zero attached hydrogens (tertiary/aromatic N) is 7. The van der Waals surface area contributed by atoms with Crippen molar-refractivity contribution >= 4 is 22.9 Å². The highest BCUT2D eigenvalue weighted by Gasteiger charge is 2.27. The molecule has 0 aromatic carbocycles. The van der Waals surface area contributed by atoms with Crippen LogP contribution in [0.25, 0.3) is 22.6 Å². The minimum atomic E-state index is -0.384. The van der Waals surface area contributed by atoms with Crippen molar-refractivity contribution in [1.82, 2.24) is 34.4 Å². The van der Waals surface area contributed by atoms with Crippen LogP contribution in [0.2, 0.25) is 0 Å². The molecule has 1 amide bonds.